The predicted molar refractivity (Wildman–Crippen MR) is 78.8 cm³/mol. The zero-order valence-corrected chi connectivity index (χ0v) is 11.3. The van der Waals surface area contributed by atoms with Gasteiger partial charge in [0.1, 0.15) is 0 Å². The zero-order chi connectivity index (χ0) is 13.2. The molecule has 0 saturated heterocycles. The summed E-state index contributed by atoms with van der Waals surface area (Å²) >= 11 is 0. The normalized spacial score (nSPS) is 11.7. The van der Waals surface area contributed by atoms with Crippen LogP contribution in [0.1, 0.15) is 33.6 Å². The highest BCUT2D eigenvalue weighted by Crippen LogP contribution is 2.27. The SMILES string of the molecule is CCCC(C)(C)Nc1ccnc2cc(N)ccc12. The summed E-state index contributed by atoms with van der Waals surface area (Å²) in [5, 5.41) is 4.72. The zero-order valence-electron chi connectivity index (χ0n) is 11.3. The van der Waals surface area contributed by atoms with E-state index in [9.17, 15) is 0 Å². The van der Waals surface area contributed by atoms with Gasteiger partial charge >= 0.3 is 0 Å². The topological polar surface area (TPSA) is 50.9 Å². The molecule has 0 bridgehead atoms. The molecule has 0 aliphatic carbocycles. The van der Waals surface area contributed by atoms with Crippen molar-refractivity contribution in [3.63, 3.8) is 0 Å². The number of hydrogen-bond donors (Lipinski definition) is 2. The molecule has 0 amide bonds. The molecule has 3 N–H and O–H groups in total. The standard InChI is InChI=1S/C15H21N3/c1-4-8-15(2,3)18-13-7-9-17-14-10-11(16)5-6-12(13)14/h5-7,9-10H,4,8,16H2,1-3H3,(H,17,18). The number of hydrogen-bond acceptors (Lipinski definition) is 3. The maximum atomic E-state index is 5.79. The van der Waals surface area contributed by atoms with Crippen LogP contribution in [0.3, 0.4) is 0 Å². The summed E-state index contributed by atoms with van der Waals surface area (Å²) in [6, 6.07) is 7.88. The van der Waals surface area contributed by atoms with E-state index in [1.54, 1.807) is 0 Å². The average Bonchev–Trinajstić information content (AvgIpc) is 2.28. The van der Waals surface area contributed by atoms with Gasteiger partial charge in [-0.2, -0.15) is 0 Å². The van der Waals surface area contributed by atoms with Crippen LogP contribution in [-0.2, 0) is 0 Å². The lowest BCUT2D eigenvalue weighted by molar-refractivity contribution is 0.511. The predicted octanol–water partition coefficient (Wildman–Crippen LogP) is 3.81. The molecule has 1 aromatic heterocycles. The number of aromatic nitrogens is 1. The molecule has 0 aliphatic rings. The summed E-state index contributed by atoms with van der Waals surface area (Å²) in [6.07, 6.45) is 4.12. The van der Waals surface area contributed by atoms with Crippen LogP contribution < -0.4 is 11.1 Å². The van der Waals surface area contributed by atoms with E-state index in [4.69, 9.17) is 5.73 Å². The van der Waals surface area contributed by atoms with Gasteiger partial charge in [-0.25, -0.2) is 0 Å². The van der Waals surface area contributed by atoms with E-state index in [-0.39, 0.29) is 5.54 Å². The van der Waals surface area contributed by atoms with E-state index in [0.29, 0.717) is 0 Å². The molecule has 96 valence electrons. The molecule has 0 atom stereocenters. The van der Waals surface area contributed by atoms with Crippen molar-refractivity contribution in [2.45, 2.75) is 39.2 Å². The molecule has 1 heterocycles. The molecular weight excluding hydrogens is 222 g/mol. The van der Waals surface area contributed by atoms with Crippen molar-refractivity contribution in [1.29, 1.82) is 0 Å². The van der Waals surface area contributed by atoms with Crippen molar-refractivity contribution in [3.8, 4) is 0 Å². The van der Waals surface area contributed by atoms with Gasteiger partial charge in [0.2, 0.25) is 0 Å². The number of nitrogens with zero attached hydrogens (tertiary/aromatic N) is 1. The van der Waals surface area contributed by atoms with Gasteiger partial charge in [-0.3, -0.25) is 4.98 Å². The first-order valence-electron chi connectivity index (χ1n) is 6.44. The maximum absolute atomic E-state index is 5.79. The lowest BCUT2D eigenvalue weighted by atomic mass is 9.98. The molecule has 1 aromatic carbocycles. The van der Waals surface area contributed by atoms with Gasteiger partial charge in [-0.15, -0.1) is 0 Å². The summed E-state index contributed by atoms with van der Waals surface area (Å²) in [5.74, 6) is 0. The van der Waals surface area contributed by atoms with Gasteiger partial charge in [-0.05, 0) is 44.5 Å². The average molecular weight is 243 g/mol. The van der Waals surface area contributed by atoms with Crippen LogP contribution in [0.25, 0.3) is 10.9 Å². The Balaban J connectivity index is 2.39. The third-order valence-corrected chi connectivity index (χ3v) is 3.11. The number of pyridine rings is 1. The molecule has 0 radical (unpaired) electrons. The number of nitrogens with two attached hydrogens (primary N) is 1. The molecule has 0 fully saturated rings. The van der Waals surface area contributed by atoms with Crippen molar-refractivity contribution < 1.29 is 0 Å². The van der Waals surface area contributed by atoms with Gasteiger partial charge in [-0.1, -0.05) is 13.3 Å². The van der Waals surface area contributed by atoms with E-state index in [0.717, 1.165) is 35.1 Å². The first-order chi connectivity index (χ1) is 8.52. The van der Waals surface area contributed by atoms with Gasteiger partial charge in [0, 0.05) is 28.5 Å². The van der Waals surface area contributed by atoms with E-state index in [1.807, 2.05) is 30.5 Å². The summed E-state index contributed by atoms with van der Waals surface area (Å²) < 4.78 is 0. The molecule has 0 spiro atoms. The number of rotatable bonds is 4. The van der Waals surface area contributed by atoms with Crippen LogP contribution in [0.4, 0.5) is 11.4 Å². The van der Waals surface area contributed by atoms with E-state index < -0.39 is 0 Å². The minimum atomic E-state index is 0.0877. The summed E-state index contributed by atoms with van der Waals surface area (Å²) in [4.78, 5) is 4.36. The Morgan fingerprint density at radius 2 is 2.06 bits per heavy atom. The van der Waals surface area contributed by atoms with Gasteiger partial charge in [0.05, 0.1) is 5.52 Å². The van der Waals surface area contributed by atoms with Crippen LogP contribution >= 0.6 is 0 Å². The second kappa shape index (κ2) is 4.84. The molecule has 3 nitrogen and oxygen atoms in total. The van der Waals surface area contributed by atoms with Gasteiger partial charge in [0.25, 0.3) is 0 Å². The Bertz CT molecular complexity index is 546. The quantitative estimate of drug-likeness (QED) is 0.803. The summed E-state index contributed by atoms with van der Waals surface area (Å²) in [5.41, 5.74) is 8.69. The summed E-state index contributed by atoms with van der Waals surface area (Å²) in [7, 11) is 0. The second-order valence-corrected chi connectivity index (χ2v) is 5.39. The van der Waals surface area contributed by atoms with Gasteiger partial charge in [0.15, 0.2) is 0 Å². The Morgan fingerprint density at radius 1 is 1.28 bits per heavy atom. The fraction of sp³-hybridized carbons (Fsp3) is 0.400. The van der Waals surface area contributed by atoms with Crippen molar-refractivity contribution in [2.75, 3.05) is 11.1 Å². The fourth-order valence-electron chi connectivity index (χ4n) is 2.33. The smallest absolute Gasteiger partial charge is 0.0743 e. The largest absolute Gasteiger partial charge is 0.399 e. The number of nitrogen functional groups attached to an aromatic ring is 1. The fourth-order valence-corrected chi connectivity index (χ4v) is 2.33. The Hall–Kier alpha value is -1.77. The maximum Gasteiger partial charge on any atom is 0.0743 e. The van der Waals surface area contributed by atoms with Crippen molar-refractivity contribution >= 4 is 22.3 Å². The molecule has 0 aliphatic heterocycles. The number of anilines is 2. The number of benzene rings is 1. The lowest BCUT2D eigenvalue weighted by Gasteiger charge is -2.27. The molecule has 0 unspecified atom stereocenters. The minimum absolute atomic E-state index is 0.0877. The third kappa shape index (κ3) is 2.73. The van der Waals surface area contributed by atoms with Gasteiger partial charge < -0.3 is 11.1 Å². The lowest BCUT2D eigenvalue weighted by Crippen LogP contribution is -2.30. The Morgan fingerprint density at radius 3 is 2.78 bits per heavy atom. The van der Waals surface area contributed by atoms with E-state index in [1.165, 1.54) is 0 Å². The van der Waals surface area contributed by atoms with Crippen LogP contribution in [0.15, 0.2) is 30.5 Å². The van der Waals surface area contributed by atoms with Crippen LogP contribution in [0.2, 0.25) is 0 Å². The van der Waals surface area contributed by atoms with Crippen molar-refractivity contribution in [2.24, 2.45) is 0 Å². The number of nitrogens with one attached hydrogen (secondary N) is 1. The highest BCUT2D eigenvalue weighted by atomic mass is 15.0. The summed E-state index contributed by atoms with van der Waals surface area (Å²) in [6.45, 7) is 6.65. The monoisotopic (exact) mass is 243 g/mol. The molecule has 2 rings (SSSR count). The van der Waals surface area contributed by atoms with Crippen LogP contribution in [-0.4, -0.2) is 10.5 Å². The van der Waals surface area contributed by atoms with E-state index in [2.05, 4.69) is 31.1 Å². The molecule has 0 saturated carbocycles. The first kappa shape index (κ1) is 12.7. The second-order valence-electron chi connectivity index (χ2n) is 5.39. The highest BCUT2D eigenvalue weighted by molar-refractivity contribution is 5.92. The van der Waals surface area contributed by atoms with Crippen molar-refractivity contribution in [1.82, 2.24) is 4.98 Å². The minimum Gasteiger partial charge on any atom is -0.399 e. The first-order valence-corrected chi connectivity index (χ1v) is 6.44. The van der Waals surface area contributed by atoms with E-state index >= 15 is 0 Å². The third-order valence-electron chi connectivity index (χ3n) is 3.11. The molecule has 3 heteroatoms. The Kier molecular flexibility index (Phi) is 3.41. The number of fused-ring (bicyclic) bond motifs is 1. The molecular formula is C15H21N3. The van der Waals surface area contributed by atoms with Crippen molar-refractivity contribution in [3.05, 3.63) is 30.5 Å². The van der Waals surface area contributed by atoms with Crippen LogP contribution in [0.5, 0.6) is 0 Å². The molecule has 2 aromatic rings. The highest BCUT2D eigenvalue weighted by Gasteiger charge is 2.17. The Labute approximate surface area is 108 Å². The van der Waals surface area contributed by atoms with Crippen LogP contribution in [0, 0.1) is 0 Å². The molecule has 18 heavy (non-hydrogen) atoms.